The van der Waals surface area contributed by atoms with Crippen molar-refractivity contribution in [3.8, 4) is 22.5 Å². The molecule has 2 aromatic carbocycles. The number of amides is 1. The Labute approximate surface area is 149 Å². The SMILES string of the molecule is NNC(=O)c1cc(-c2ccc(Cl)cc2)nc(-c2ccc(Cl)cc2)c1. The van der Waals surface area contributed by atoms with Crippen LogP contribution in [-0.4, -0.2) is 10.9 Å². The van der Waals surface area contributed by atoms with E-state index < -0.39 is 0 Å². The van der Waals surface area contributed by atoms with Crippen LogP contribution in [0.2, 0.25) is 10.0 Å². The van der Waals surface area contributed by atoms with Crippen molar-refractivity contribution in [2.24, 2.45) is 5.84 Å². The van der Waals surface area contributed by atoms with Gasteiger partial charge in [0, 0.05) is 26.7 Å². The summed E-state index contributed by atoms with van der Waals surface area (Å²) < 4.78 is 0. The van der Waals surface area contributed by atoms with E-state index in [2.05, 4.69) is 10.4 Å². The van der Waals surface area contributed by atoms with E-state index in [9.17, 15) is 4.79 Å². The number of nitrogen functional groups attached to an aromatic ring is 1. The number of carbonyl (C=O) groups excluding carboxylic acids is 1. The van der Waals surface area contributed by atoms with Crippen molar-refractivity contribution in [2.75, 3.05) is 0 Å². The Morgan fingerprint density at radius 1 is 0.833 bits per heavy atom. The van der Waals surface area contributed by atoms with Crippen LogP contribution in [-0.2, 0) is 0 Å². The molecule has 1 amide bonds. The number of carbonyl (C=O) groups is 1. The maximum absolute atomic E-state index is 12.0. The molecule has 0 unspecified atom stereocenters. The number of nitrogens with zero attached hydrogens (tertiary/aromatic N) is 1. The van der Waals surface area contributed by atoms with Crippen molar-refractivity contribution in [1.82, 2.24) is 10.4 Å². The van der Waals surface area contributed by atoms with Crippen molar-refractivity contribution in [3.63, 3.8) is 0 Å². The van der Waals surface area contributed by atoms with Gasteiger partial charge in [0.2, 0.25) is 0 Å². The van der Waals surface area contributed by atoms with Gasteiger partial charge < -0.3 is 0 Å². The van der Waals surface area contributed by atoms with Crippen molar-refractivity contribution < 1.29 is 4.79 Å². The Hall–Kier alpha value is -2.40. The lowest BCUT2D eigenvalue weighted by atomic mass is 10.0. The van der Waals surface area contributed by atoms with Gasteiger partial charge in [-0.05, 0) is 36.4 Å². The fraction of sp³-hybridized carbons (Fsp3) is 0. The Kier molecular flexibility index (Phi) is 4.81. The third-order valence-corrected chi connectivity index (χ3v) is 4.00. The predicted octanol–water partition coefficient (Wildman–Crippen LogP) is 4.33. The zero-order chi connectivity index (χ0) is 17.1. The second-order valence-corrected chi connectivity index (χ2v) is 5.99. The lowest BCUT2D eigenvalue weighted by Crippen LogP contribution is -2.30. The molecule has 3 aromatic rings. The number of benzene rings is 2. The first kappa shape index (κ1) is 16.5. The standard InChI is InChI=1S/C18H13Cl2N3O/c19-14-5-1-11(2-6-14)16-9-13(18(24)23-21)10-17(22-16)12-3-7-15(20)8-4-12/h1-10H,21H2,(H,23,24). The topological polar surface area (TPSA) is 68.0 Å². The molecule has 120 valence electrons. The van der Waals surface area contributed by atoms with Crippen LogP contribution in [0.4, 0.5) is 0 Å². The summed E-state index contributed by atoms with van der Waals surface area (Å²) in [6.07, 6.45) is 0. The highest BCUT2D eigenvalue weighted by Gasteiger charge is 2.11. The van der Waals surface area contributed by atoms with Gasteiger partial charge in [0.1, 0.15) is 0 Å². The number of halogens is 2. The Bertz CT molecular complexity index is 814. The third kappa shape index (κ3) is 3.57. The van der Waals surface area contributed by atoms with Crippen molar-refractivity contribution >= 4 is 29.1 Å². The van der Waals surface area contributed by atoms with Crippen LogP contribution < -0.4 is 11.3 Å². The molecule has 0 aliphatic heterocycles. The lowest BCUT2D eigenvalue weighted by molar-refractivity contribution is 0.0953. The van der Waals surface area contributed by atoms with Crippen molar-refractivity contribution in [2.45, 2.75) is 0 Å². The average Bonchev–Trinajstić information content (AvgIpc) is 2.62. The van der Waals surface area contributed by atoms with E-state index in [-0.39, 0.29) is 5.91 Å². The van der Waals surface area contributed by atoms with E-state index in [0.717, 1.165) is 11.1 Å². The smallest absolute Gasteiger partial charge is 0.265 e. The summed E-state index contributed by atoms with van der Waals surface area (Å²) in [6, 6.07) is 17.9. The van der Waals surface area contributed by atoms with Gasteiger partial charge in [-0.2, -0.15) is 0 Å². The molecule has 4 nitrogen and oxygen atoms in total. The van der Waals surface area contributed by atoms with E-state index in [1.807, 2.05) is 24.3 Å². The van der Waals surface area contributed by atoms with Gasteiger partial charge in [-0.1, -0.05) is 47.5 Å². The second-order valence-electron chi connectivity index (χ2n) is 5.11. The summed E-state index contributed by atoms with van der Waals surface area (Å²) in [5.41, 5.74) is 5.56. The molecule has 0 aliphatic rings. The fourth-order valence-electron chi connectivity index (χ4n) is 2.28. The van der Waals surface area contributed by atoms with Gasteiger partial charge in [0.25, 0.3) is 5.91 Å². The zero-order valence-electron chi connectivity index (χ0n) is 12.5. The fourth-order valence-corrected chi connectivity index (χ4v) is 2.53. The first-order valence-electron chi connectivity index (χ1n) is 7.12. The number of rotatable bonds is 3. The quantitative estimate of drug-likeness (QED) is 0.416. The molecule has 0 atom stereocenters. The maximum atomic E-state index is 12.0. The number of hydrogen-bond donors (Lipinski definition) is 2. The summed E-state index contributed by atoms with van der Waals surface area (Å²) in [5, 5.41) is 1.26. The minimum Gasteiger partial charge on any atom is -0.290 e. The van der Waals surface area contributed by atoms with E-state index in [1.54, 1.807) is 36.4 Å². The largest absolute Gasteiger partial charge is 0.290 e. The normalized spacial score (nSPS) is 10.5. The molecule has 3 N–H and O–H groups in total. The molecule has 3 rings (SSSR count). The van der Waals surface area contributed by atoms with Crippen LogP contribution in [0.3, 0.4) is 0 Å². The Morgan fingerprint density at radius 3 is 1.62 bits per heavy atom. The summed E-state index contributed by atoms with van der Waals surface area (Å²) in [6.45, 7) is 0. The number of hydrogen-bond acceptors (Lipinski definition) is 3. The summed E-state index contributed by atoms with van der Waals surface area (Å²) in [7, 11) is 0. The molecule has 6 heteroatoms. The molecule has 0 aliphatic carbocycles. The van der Waals surface area contributed by atoms with Crippen LogP contribution in [0.15, 0.2) is 60.7 Å². The van der Waals surface area contributed by atoms with Gasteiger partial charge in [-0.25, -0.2) is 10.8 Å². The molecule has 0 saturated heterocycles. The molecule has 24 heavy (non-hydrogen) atoms. The number of nitrogens with two attached hydrogens (primary N) is 1. The van der Waals surface area contributed by atoms with Gasteiger partial charge in [-0.15, -0.1) is 0 Å². The molecule has 0 radical (unpaired) electrons. The van der Waals surface area contributed by atoms with E-state index in [1.165, 1.54) is 0 Å². The summed E-state index contributed by atoms with van der Waals surface area (Å²) in [4.78, 5) is 16.6. The van der Waals surface area contributed by atoms with Crippen LogP contribution in [0.5, 0.6) is 0 Å². The van der Waals surface area contributed by atoms with Crippen molar-refractivity contribution in [3.05, 3.63) is 76.3 Å². The van der Waals surface area contributed by atoms with Gasteiger partial charge in [-0.3, -0.25) is 10.2 Å². The van der Waals surface area contributed by atoms with Crippen molar-refractivity contribution in [1.29, 1.82) is 0 Å². The molecule has 0 bridgehead atoms. The van der Waals surface area contributed by atoms with Crippen LogP contribution >= 0.6 is 23.2 Å². The highest BCUT2D eigenvalue weighted by atomic mass is 35.5. The third-order valence-electron chi connectivity index (χ3n) is 3.50. The molecular formula is C18H13Cl2N3O. The zero-order valence-corrected chi connectivity index (χ0v) is 14.0. The number of pyridine rings is 1. The van der Waals surface area contributed by atoms with Crippen LogP contribution in [0.25, 0.3) is 22.5 Å². The lowest BCUT2D eigenvalue weighted by Gasteiger charge is -2.09. The first-order valence-corrected chi connectivity index (χ1v) is 7.87. The molecule has 0 spiro atoms. The maximum Gasteiger partial charge on any atom is 0.265 e. The molecular weight excluding hydrogens is 345 g/mol. The highest BCUT2D eigenvalue weighted by Crippen LogP contribution is 2.26. The number of hydrazine groups is 1. The van der Waals surface area contributed by atoms with Gasteiger partial charge in [0.15, 0.2) is 0 Å². The Balaban J connectivity index is 2.14. The van der Waals surface area contributed by atoms with E-state index in [4.69, 9.17) is 29.0 Å². The molecule has 0 saturated carbocycles. The van der Waals surface area contributed by atoms with E-state index in [0.29, 0.717) is 27.0 Å². The van der Waals surface area contributed by atoms with Crippen LogP contribution in [0.1, 0.15) is 10.4 Å². The minimum absolute atomic E-state index is 0.386. The Morgan fingerprint density at radius 2 is 1.25 bits per heavy atom. The highest BCUT2D eigenvalue weighted by molar-refractivity contribution is 6.30. The van der Waals surface area contributed by atoms with Crippen LogP contribution in [0, 0.1) is 0 Å². The number of aromatic nitrogens is 1. The number of nitrogens with one attached hydrogen (secondary N) is 1. The average molecular weight is 358 g/mol. The monoisotopic (exact) mass is 357 g/mol. The predicted molar refractivity (Wildman–Crippen MR) is 96.8 cm³/mol. The molecule has 1 aromatic heterocycles. The first-order chi connectivity index (χ1) is 11.6. The second kappa shape index (κ2) is 7.01. The van der Waals surface area contributed by atoms with Gasteiger partial charge >= 0.3 is 0 Å². The minimum atomic E-state index is -0.386. The van der Waals surface area contributed by atoms with Gasteiger partial charge in [0.05, 0.1) is 11.4 Å². The van der Waals surface area contributed by atoms with E-state index >= 15 is 0 Å². The molecule has 0 fully saturated rings. The molecule has 1 heterocycles. The summed E-state index contributed by atoms with van der Waals surface area (Å²) in [5.74, 6) is 4.88. The summed E-state index contributed by atoms with van der Waals surface area (Å²) >= 11 is 11.9.